The molecule has 0 unspecified atom stereocenters. The van der Waals surface area contributed by atoms with E-state index in [1.165, 1.54) is 0 Å². The van der Waals surface area contributed by atoms with Gasteiger partial charge in [-0.3, -0.25) is 0 Å². The van der Waals surface area contributed by atoms with Gasteiger partial charge >= 0.3 is 0 Å². The molecule has 1 aromatic heterocycles. The molecule has 0 radical (unpaired) electrons. The summed E-state index contributed by atoms with van der Waals surface area (Å²) >= 11 is 0. The van der Waals surface area contributed by atoms with Gasteiger partial charge in [-0.05, 0) is 19.5 Å². The number of sulfonamides is 1. The molecule has 0 bridgehead atoms. The fourth-order valence-corrected chi connectivity index (χ4v) is 2.72. The molecule has 0 spiro atoms. The largest absolute Gasteiger partial charge is 0.352 e. The summed E-state index contributed by atoms with van der Waals surface area (Å²) in [5, 5.41) is 3.01. The van der Waals surface area contributed by atoms with Crippen molar-refractivity contribution in [2.45, 2.75) is 31.2 Å². The Bertz CT molecular complexity index is 451. The van der Waals surface area contributed by atoms with E-state index >= 15 is 0 Å². The zero-order valence-corrected chi connectivity index (χ0v) is 11.5. The van der Waals surface area contributed by atoms with Gasteiger partial charge in [0.25, 0.3) is 0 Å². The maximum atomic E-state index is 11.9. The van der Waals surface area contributed by atoms with E-state index in [0.29, 0.717) is 18.0 Å². The number of hydrogen-bond acceptors (Lipinski definition) is 3. The van der Waals surface area contributed by atoms with Crippen molar-refractivity contribution in [1.29, 1.82) is 0 Å². The Morgan fingerprint density at radius 1 is 1.41 bits per heavy atom. The lowest BCUT2D eigenvalue weighted by Crippen LogP contribution is -2.24. The van der Waals surface area contributed by atoms with Gasteiger partial charge in [-0.15, -0.1) is 0 Å². The monoisotopic (exact) mass is 259 g/mol. The van der Waals surface area contributed by atoms with Gasteiger partial charge in [-0.2, -0.15) is 0 Å². The first-order valence-corrected chi connectivity index (χ1v) is 7.29. The minimum atomic E-state index is -3.35. The van der Waals surface area contributed by atoms with Gasteiger partial charge in [0.05, 0.1) is 4.90 Å². The fraction of sp³-hybridized carbons (Fsp3) is 0.636. The third-order valence-electron chi connectivity index (χ3n) is 2.57. The van der Waals surface area contributed by atoms with E-state index in [-0.39, 0.29) is 0 Å². The maximum Gasteiger partial charge on any atom is 0.242 e. The first kappa shape index (κ1) is 14.2. The normalized spacial score (nSPS) is 11.9. The summed E-state index contributed by atoms with van der Waals surface area (Å²) in [6.45, 7) is 3.18. The van der Waals surface area contributed by atoms with E-state index < -0.39 is 10.0 Å². The van der Waals surface area contributed by atoms with Gasteiger partial charge in [-0.25, -0.2) is 13.1 Å². The third kappa shape index (κ3) is 3.83. The number of nitrogens with zero attached hydrogens (tertiary/aromatic N) is 1. The van der Waals surface area contributed by atoms with E-state index in [9.17, 15) is 8.42 Å². The third-order valence-corrected chi connectivity index (χ3v) is 4.00. The average Bonchev–Trinajstić information content (AvgIpc) is 2.62. The van der Waals surface area contributed by atoms with Crippen LogP contribution in [0, 0.1) is 0 Å². The van der Waals surface area contributed by atoms with Crippen LogP contribution in [0.4, 0.5) is 0 Å². The molecular formula is C11H21N3O2S. The quantitative estimate of drug-likeness (QED) is 0.713. The smallest absolute Gasteiger partial charge is 0.242 e. The zero-order chi connectivity index (χ0) is 12.9. The van der Waals surface area contributed by atoms with Crippen molar-refractivity contribution in [3.05, 3.63) is 18.0 Å². The van der Waals surface area contributed by atoms with Crippen molar-refractivity contribution < 1.29 is 8.42 Å². The molecule has 0 aromatic carbocycles. The standard InChI is InChI=1S/C11H21N3O2S/c1-4-5-6-13-17(15,16)11-7-10(8-12-2)14(3)9-11/h7,9,12-13H,4-6,8H2,1-3H3. The molecule has 5 nitrogen and oxygen atoms in total. The second-order valence-electron chi connectivity index (χ2n) is 4.06. The Morgan fingerprint density at radius 3 is 2.71 bits per heavy atom. The molecule has 0 saturated heterocycles. The molecule has 17 heavy (non-hydrogen) atoms. The van der Waals surface area contributed by atoms with Crippen LogP contribution in [0.5, 0.6) is 0 Å². The Balaban J connectivity index is 2.80. The van der Waals surface area contributed by atoms with Gasteiger partial charge in [0.15, 0.2) is 0 Å². The van der Waals surface area contributed by atoms with Crippen molar-refractivity contribution >= 4 is 10.0 Å². The van der Waals surface area contributed by atoms with E-state index in [1.54, 1.807) is 12.3 Å². The van der Waals surface area contributed by atoms with Crippen LogP contribution in [0.1, 0.15) is 25.5 Å². The molecule has 2 N–H and O–H groups in total. The highest BCUT2D eigenvalue weighted by molar-refractivity contribution is 7.89. The summed E-state index contributed by atoms with van der Waals surface area (Å²) in [5.74, 6) is 0. The molecule has 1 aromatic rings. The Kier molecular flexibility index (Phi) is 5.17. The molecule has 0 amide bonds. The summed E-state index contributed by atoms with van der Waals surface area (Å²) in [5.41, 5.74) is 0.948. The second-order valence-corrected chi connectivity index (χ2v) is 5.83. The van der Waals surface area contributed by atoms with Crippen LogP contribution in [-0.4, -0.2) is 26.6 Å². The van der Waals surface area contributed by atoms with Crippen molar-refractivity contribution in [2.75, 3.05) is 13.6 Å². The summed E-state index contributed by atoms with van der Waals surface area (Å²) < 4.78 is 28.3. The van der Waals surface area contributed by atoms with E-state index in [1.807, 2.05) is 25.6 Å². The van der Waals surface area contributed by atoms with E-state index in [4.69, 9.17) is 0 Å². The summed E-state index contributed by atoms with van der Waals surface area (Å²) in [6.07, 6.45) is 3.47. The van der Waals surface area contributed by atoms with Crippen molar-refractivity contribution in [3.8, 4) is 0 Å². The Hall–Kier alpha value is -0.850. The molecule has 0 atom stereocenters. The maximum absolute atomic E-state index is 11.9. The molecule has 6 heteroatoms. The van der Waals surface area contributed by atoms with Gasteiger partial charge in [0.2, 0.25) is 10.0 Å². The van der Waals surface area contributed by atoms with Crippen molar-refractivity contribution in [2.24, 2.45) is 7.05 Å². The predicted molar refractivity (Wildman–Crippen MR) is 68.3 cm³/mol. The molecule has 0 aliphatic rings. The molecule has 0 fully saturated rings. The van der Waals surface area contributed by atoms with Gasteiger partial charge in [-0.1, -0.05) is 13.3 Å². The summed E-state index contributed by atoms with van der Waals surface area (Å²) in [7, 11) is 0.328. The minimum Gasteiger partial charge on any atom is -0.352 e. The summed E-state index contributed by atoms with van der Waals surface area (Å²) in [4.78, 5) is 0.335. The van der Waals surface area contributed by atoms with E-state index in [0.717, 1.165) is 18.5 Å². The minimum absolute atomic E-state index is 0.335. The Morgan fingerprint density at radius 2 is 2.12 bits per heavy atom. The van der Waals surface area contributed by atoms with Crippen molar-refractivity contribution in [1.82, 2.24) is 14.6 Å². The lowest BCUT2D eigenvalue weighted by Gasteiger charge is -2.03. The number of hydrogen-bond donors (Lipinski definition) is 2. The number of unbranched alkanes of at least 4 members (excludes halogenated alkanes) is 1. The van der Waals surface area contributed by atoms with Gasteiger partial charge in [0, 0.05) is 32.0 Å². The van der Waals surface area contributed by atoms with Crippen LogP contribution in [0.25, 0.3) is 0 Å². The number of rotatable bonds is 7. The number of aryl methyl sites for hydroxylation is 1. The SMILES string of the molecule is CCCCNS(=O)(=O)c1cc(CNC)n(C)c1. The molecule has 1 heterocycles. The molecule has 98 valence electrons. The average molecular weight is 259 g/mol. The second kappa shape index (κ2) is 6.18. The van der Waals surface area contributed by atoms with Crippen LogP contribution in [-0.2, 0) is 23.6 Å². The predicted octanol–water partition coefficient (Wildman–Crippen LogP) is 0.823. The summed E-state index contributed by atoms with van der Waals surface area (Å²) in [6, 6.07) is 1.70. The molecule has 0 saturated carbocycles. The zero-order valence-electron chi connectivity index (χ0n) is 10.7. The van der Waals surface area contributed by atoms with Crippen molar-refractivity contribution in [3.63, 3.8) is 0 Å². The highest BCUT2D eigenvalue weighted by Crippen LogP contribution is 2.13. The molecule has 1 rings (SSSR count). The first-order chi connectivity index (χ1) is 8.01. The van der Waals surface area contributed by atoms with Crippen LogP contribution in [0.15, 0.2) is 17.2 Å². The van der Waals surface area contributed by atoms with Crippen LogP contribution in [0.3, 0.4) is 0 Å². The fourth-order valence-electron chi connectivity index (χ4n) is 1.55. The molecule has 0 aliphatic carbocycles. The number of aromatic nitrogens is 1. The highest BCUT2D eigenvalue weighted by atomic mass is 32.2. The topological polar surface area (TPSA) is 63.1 Å². The lowest BCUT2D eigenvalue weighted by molar-refractivity contribution is 0.578. The van der Waals surface area contributed by atoms with E-state index in [2.05, 4.69) is 10.0 Å². The Labute approximate surface area is 103 Å². The van der Waals surface area contributed by atoms with Gasteiger partial charge < -0.3 is 9.88 Å². The van der Waals surface area contributed by atoms with Crippen LogP contribution < -0.4 is 10.0 Å². The van der Waals surface area contributed by atoms with Crippen LogP contribution in [0.2, 0.25) is 0 Å². The molecular weight excluding hydrogens is 238 g/mol. The van der Waals surface area contributed by atoms with Gasteiger partial charge in [0.1, 0.15) is 0 Å². The van der Waals surface area contributed by atoms with Crippen LogP contribution >= 0.6 is 0 Å². The lowest BCUT2D eigenvalue weighted by atomic mass is 10.3. The number of nitrogens with one attached hydrogen (secondary N) is 2. The highest BCUT2D eigenvalue weighted by Gasteiger charge is 2.16. The first-order valence-electron chi connectivity index (χ1n) is 5.80. The molecule has 0 aliphatic heterocycles.